The summed E-state index contributed by atoms with van der Waals surface area (Å²) in [5.74, 6) is -1.50. The summed E-state index contributed by atoms with van der Waals surface area (Å²) in [6.45, 7) is 1.42. The molecule has 0 saturated carbocycles. The van der Waals surface area contributed by atoms with Crippen LogP contribution < -0.4 is 5.32 Å². The van der Waals surface area contributed by atoms with Gasteiger partial charge in [0.25, 0.3) is 5.91 Å². The lowest BCUT2D eigenvalue weighted by Gasteiger charge is -2.01. The van der Waals surface area contributed by atoms with Crippen molar-refractivity contribution < 1.29 is 14.7 Å². The fourth-order valence-corrected chi connectivity index (χ4v) is 0.937. The molecule has 5 heteroatoms. The van der Waals surface area contributed by atoms with Crippen LogP contribution in [0.2, 0.25) is 0 Å². The van der Waals surface area contributed by atoms with Crippen LogP contribution in [0.15, 0.2) is 18.5 Å². The summed E-state index contributed by atoms with van der Waals surface area (Å²) in [5.41, 5.74) is 1.22. The third-order valence-electron chi connectivity index (χ3n) is 1.54. The van der Waals surface area contributed by atoms with Gasteiger partial charge in [0.2, 0.25) is 0 Å². The monoisotopic (exact) mass is 194 g/mol. The highest BCUT2D eigenvalue weighted by molar-refractivity contribution is 5.95. The number of carboxylic acids is 1. The van der Waals surface area contributed by atoms with Crippen molar-refractivity contribution >= 4 is 11.9 Å². The molecule has 0 aliphatic rings. The van der Waals surface area contributed by atoms with Gasteiger partial charge in [0.05, 0.1) is 5.56 Å². The maximum atomic E-state index is 11.3. The van der Waals surface area contributed by atoms with Crippen LogP contribution in [0.4, 0.5) is 0 Å². The molecule has 1 heterocycles. The van der Waals surface area contributed by atoms with Gasteiger partial charge in [0.1, 0.15) is 6.54 Å². The first-order valence-electron chi connectivity index (χ1n) is 4.01. The van der Waals surface area contributed by atoms with E-state index < -0.39 is 11.9 Å². The molecule has 0 aliphatic heterocycles. The van der Waals surface area contributed by atoms with Crippen molar-refractivity contribution in [3.63, 3.8) is 0 Å². The number of nitrogens with zero attached hydrogens (tertiary/aromatic N) is 1. The van der Waals surface area contributed by atoms with Crippen molar-refractivity contribution in [1.82, 2.24) is 10.3 Å². The number of aliphatic carboxylic acids is 1. The van der Waals surface area contributed by atoms with E-state index in [1.54, 1.807) is 19.2 Å². The van der Waals surface area contributed by atoms with Crippen LogP contribution in [0.5, 0.6) is 0 Å². The molecule has 74 valence electrons. The van der Waals surface area contributed by atoms with Gasteiger partial charge in [-0.2, -0.15) is 0 Å². The largest absolute Gasteiger partial charge is 0.480 e. The minimum Gasteiger partial charge on any atom is -0.480 e. The highest BCUT2D eigenvalue weighted by Crippen LogP contribution is 2.00. The van der Waals surface area contributed by atoms with Crippen LogP contribution in [-0.2, 0) is 4.79 Å². The Morgan fingerprint density at radius 2 is 2.21 bits per heavy atom. The standard InChI is InChI=1S/C9H10N2O3/c1-6-2-7(4-10-3-6)9(14)11-5-8(12)13/h2-4H,5H2,1H3,(H,11,14)(H,12,13). The Labute approximate surface area is 80.8 Å². The van der Waals surface area contributed by atoms with Gasteiger partial charge in [-0.25, -0.2) is 0 Å². The van der Waals surface area contributed by atoms with E-state index in [9.17, 15) is 9.59 Å². The molecule has 0 atom stereocenters. The van der Waals surface area contributed by atoms with Crippen molar-refractivity contribution in [2.75, 3.05) is 6.54 Å². The maximum Gasteiger partial charge on any atom is 0.322 e. The Kier molecular flexibility index (Phi) is 3.17. The molecule has 0 saturated heterocycles. The minimum absolute atomic E-state index is 0.367. The predicted octanol–water partition coefficient (Wildman–Crippen LogP) is 0.204. The second-order valence-corrected chi connectivity index (χ2v) is 2.83. The van der Waals surface area contributed by atoms with Crippen molar-refractivity contribution in [1.29, 1.82) is 0 Å². The number of rotatable bonds is 3. The van der Waals surface area contributed by atoms with E-state index in [0.717, 1.165) is 5.56 Å². The number of carbonyl (C=O) groups excluding carboxylic acids is 1. The van der Waals surface area contributed by atoms with Crippen LogP contribution in [-0.4, -0.2) is 28.5 Å². The number of carboxylic acid groups (broad SMARTS) is 1. The number of pyridine rings is 1. The number of carbonyl (C=O) groups is 2. The highest BCUT2D eigenvalue weighted by atomic mass is 16.4. The summed E-state index contributed by atoms with van der Waals surface area (Å²) in [6, 6.07) is 1.64. The molecule has 1 aromatic rings. The molecule has 0 radical (unpaired) electrons. The molecular formula is C9H10N2O3. The summed E-state index contributed by atoms with van der Waals surface area (Å²) in [6.07, 6.45) is 3.01. The number of amides is 1. The van der Waals surface area contributed by atoms with Gasteiger partial charge in [-0.1, -0.05) is 0 Å². The maximum absolute atomic E-state index is 11.3. The molecule has 0 bridgehead atoms. The van der Waals surface area contributed by atoms with Crippen molar-refractivity contribution in [3.05, 3.63) is 29.6 Å². The number of aryl methyl sites for hydroxylation is 1. The Balaban J connectivity index is 2.65. The quantitative estimate of drug-likeness (QED) is 0.720. The normalized spacial score (nSPS) is 9.50. The van der Waals surface area contributed by atoms with Gasteiger partial charge >= 0.3 is 5.97 Å². The summed E-state index contributed by atoms with van der Waals surface area (Å²) in [7, 11) is 0. The van der Waals surface area contributed by atoms with E-state index in [1.165, 1.54) is 6.20 Å². The number of aromatic nitrogens is 1. The molecule has 2 N–H and O–H groups in total. The van der Waals surface area contributed by atoms with E-state index in [0.29, 0.717) is 5.56 Å². The fourth-order valence-electron chi connectivity index (χ4n) is 0.937. The third kappa shape index (κ3) is 2.85. The number of nitrogens with one attached hydrogen (secondary N) is 1. The Bertz CT molecular complexity index is 363. The smallest absolute Gasteiger partial charge is 0.322 e. The molecule has 14 heavy (non-hydrogen) atoms. The van der Waals surface area contributed by atoms with E-state index >= 15 is 0 Å². The van der Waals surface area contributed by atoms with Gasteiger partial charge in [0.15, 0.2) is 0 Å². The van der Waals surface area contributed by atoms with Crippen molar-refractivity contribution in [2.24, 2.45) is 0 Å². The zero-order valence-corrected chi connectivity index (χ0v) is 7.65. The number of hydrogen-bond donors (Lipinski definition) is 2. The van der Waals surface area contributed by atoms with E-state index in [1.807, 2.05) is 0 Å². The Morgan fingerprint density at radius 3 is 2.79 bits per heavy atom. The van der Waals surface area contributed by atoms with Crippen LogP contribution in [0, 0.1) is 6.92 Å². The Morgan fingerprint density at radius 1 is 1.50 bits per heavy atom. The van der Waals surface area contributed by atoms with Crippen molar-refractivity contribution in [3.8, 4) is 0 Å². The summed E-state index contributed by atoms with van der Waals surface area (Å²) >= 11 is 0. The second-order valence-electron chi connectivity index (χ2n) is 2.83. The first kappa shape index (κ1) is 10.2. The minimum atomic E-state index is -1.07. The lowest BCUT2D eigenvalue weighted by atomic mass is 10.2. The summed E-state index contributed by atoms with van der Waals surface area (Å²) < 4.78 is 0. The molecule has 1 rings (SSSR count). The molecule has 0 spiro atoms. The summed E-state index contributed by atoms with van der Waals surface area (Å²) in [5, 5.41) is 10.6. The molecular weight excluding hydrogens is 184 g/mol. The first-order valence-corrected chi connectivity index (χ1v) is 4.01. The van der Waals surface area contributed by atoms with Gasteiger partial charge in [-0.3, -0.25) is 14.6 Å². The van der Waals surface area contributed by atoms with Crippen LogP contribution >= 0.6 is 0 Å². The topological polar surface area (TPSA) is 79.3 Å². The van der Waals surface area contributed by atoms with Gasteiger partial charge in [-0.15, -0.1) is 0 Å². The molecule has 0 fully saturated rings. The average Bonchev–Trinajstić information content (AvgIpc) is 2.14. The predicted molar refractivity (Wildman–Crippen MR) is 48.9 cm³/mol. The molecule has 0 aromatic carbocycles. The molecule has 1 aromatic heterocycles. The molecule has 0 unspecified atom stereocenters. The second kappa shape index (κ2) is 4.36. The van der Waals surface area contributed by atoms with Crippen molar-refractivity contribution in [2.45, 2.75) is 6.92 Å². The van der Waals surface area contributed by atoms with Crippen LogP contribution in [0.25, 0.3) is 0 Å². The molecule has 5 nitrogen and oxygen atoms in total. The third-order valence-corrected chi connectivity index (χ3v) is 1.54. The fraction of sp³-hybridized carbons (Fsp3) is 0.222. The molecule has 1 amide bonds. The summed E-state index contributed by atoms with van der Waals surface area (Å²) in [4.78, 5) is 25.3. The van der Waals surface area contributed by atoms with E-state index in [-0.39, 0.29) is 6.54 Å². The molecule has 0 aliphatic carbocycles. The van der Waals surface area contributed by atoms with Gasteiger partial charge < -0.3 is 10.4 Å². The average molecular weight is 194 g/mol. The number of hydrogen-bond acceptors (Lipinski definition) is 3. The van der Waals surface area contributed by atoms with Crippen LogP contribution in [0.3, 0.4) is 0 Å². The highest BCUT2D eigenvalue weighted by Gasteiger charge is 2.06. The Hall–Kier alpha value is -1.91. The lowest BCUT2D eigenvalue weighted by Crippen LogP contribution is -2.29. The lowest BCUT2D eigenvalue weighted by molar-refractivity contribution is -0.135. The zero-order chi connectivity index (χ0) is 10.6. The SMILES string of the molecule is Cc1cncc(C(=O)NCC(=O)O)c1. The van der Waals surface area contributed by atoms with Gasteiger partial charge in [-0.05, 0) is 18.6 Å². The van der Waals surface area contributed by atoms with E-state index in [2.05, 4.69) is 10.3 Å². The first-order chi connectivity index (χ1) is 6.59. The van der Waals surface area contributed by atoms with Gasteiger partial charge in [0, 0.05) is 12.4 Å². The zero-order valence-electron chi connectivity index (χ0n) is 7.65. The van der Waals surface area contributed by atoms with E-state index in [4.69, 9.17) is 5.11 Å². The van der Waals surface area contributed by atoms with Crippen LogP contribution in [0.1, 0.15) is 15.9 Å².